The minimum absolute atomic E-state index is 0.0810. The predicted octanol–water partition coefficient (Wildman–Crippen LogP) is 1.83. The molecule has 3 saturated carbocycles. The van der Waals surface area contributed by atoms with Crippen molar-refractivity contribution in [3.05, 3.63) is 0 Å². The van der Waals surface area contributed by atoms with Crippen LogP contribution in [0.15, 0.2) is 0 Å². The molecule has 14 heavy (non-hydrogen) atoms. The summed E-state index contributed by atoms with van der Waals surface area (Å²) in [7, 11) is 0. The summed E-state index contributed by atoms with van der Waals surface area (Å²) in [6, 6.07) is 0. The lowest BCUT2D eigenvalue weighted by Gasteiger charge is -2.28. The topological polar surface area (TPSA) is 34.1 Å². The molecule has 3 aliphatic carbocycles. The van der Waals surface area contributed by atoms with Gasteiger partial charge in [-0.3, -0.25) is 4.79 Å². The molecule has 0 aromatic carbocycles. The van der Waals surface area contributed by atoms with Crippen LogP contribution in [0.4, 0.5) is 0 Å². The van der Waals surface area contributed by atoms with Crippen LogP contribution >= 0.6 is 0 Å². The zero-order valence-electron chi connectivity index (χ0n) is 8.75. The van der Waals surface area contributed by atoms with E-state index in [4.69, 9.17) is 0 Å². The second-order valence-electron chi connectivity index (χ2n) is 6.12. The molecule has 0 aromatic rings. The maximum absolute atomic E-state index is 11.7. The molecular weight excluding hydrogens is 176 g/mol. The second kappa shape index (κ2) is 2.12. The number of fused-ring (bicyclic) bond motifs is 1. The molecule has 0 amide bonds. The Morgan fingerprint density at radius 2 is 2.14 bits per heavy atom. The Bertz CT molecular complexity index is 331. The second-order valence-corrected chi connectivity index (χ2v) is 6.12. The van der Waals surface area contributed by atoms with Gasteiger partial charge in [-0.15, -0.1) is 0 Å². The van der Waals surface area contributed by atoms with Crippen molar-refractivity contribution < 1.29 is 9.59 Å². The van der Waals surface area contributed by atoms with E-state index < -0.39 is 0 Å². The van der Waals surface area contributed by atoms with E-state index in [9.17, 15) is 9.59 Å². The Balaban J connectivity index is 2.01. The highest BCUT2D eigenvalue weighted by atomic mass is 16.1. The number of Topliss-reactive ketones (excluding diaryl/α,β-unsaturated/α-hetero) is 1. The Morgan fingerprint density at radius 1 is 1.43 bits per heavy atom. The van der Waals surface area contributed by atoms with Gasteiger partial charge in [-0.1, -0.05) is 13.8 Å². The number of carbonyl (C=O) groups is 2. The van der Waals surface area contributed by atoms with Crippen LogP contribution < -0.4 is 0 Å². The minimum Gasteiger partial charge on any atom is -0.303 e. The standard InChI is InChI=1S/C12H16O2/c1-11(2)6-12(3-4-13)5-7(14)8-9(11)10(8)12/h4,8-10H,3,5-6H2,1-2H3/t8?,9?,10-,12+/m0/s1. The van der Waals surface area contributed by atoms with Gasteiger partial charge >= 0.3 is 0 Å². The van der Waals surface area contributed by atoms with E-state index in [1.165, 1.54) is 0 Å². The third-order valence-electron chi connectivity index (χ3n) is 4.82. The molecule has 0 aromatic heterocycles. The van der Waals surface area contributed by atoms with Gasteiger partial charge in [0, 0.05) is 18.8 Å². The van der Waals surface area contributed by atoms with Crippen molar-refractivity contribution in [1.29, 1.82) is 0 Å². The van der Waals surface area contributed by atoms with E-state index in [2.05, 4.69) is 13.8 Å². The lowest BCUT2D eigenvalue weighted by molar-refractivity contribution is -0.120. The van der Waals surface area contributed by atoms with E-state index in [1.807, 2.05) is 0 Å². The summed E-state index contributed by atoms with van der Waals surface area (Å²) in [4.78, 5) is 22.4. The van der Waals surface area contributed by atoms with Crippen molar-refractivity contribution in [3.8, 4) is 0 Å². The van der Waals surface area contributed by atoms with Crippen molar-refractivity contribution in [3.63, 3.8) is 0 Å². The molecule has 0 heterocycles. The van der Waals surface area contributed by atoms with Gasteiger partial charge in [0.25, 0.3) is 0 Å². The number of ketones is 1. The Hall–Kier alpha value is -0.660. The first-order valence-electron chi connectivity index (χ1n) is 5.48. The van der Waals surface area contributed by atoms with Crippen LogP contribution in [-0.2, 0) is 9.59 Å². The first-order valence-corrected chi connectivity index (χ1v) is 5.48. The van der Waals surface area contributed by atoms with Crippen LogP contribution in [0.5, 0.6) is 0 Å². The van der Waals surface area contributed by atoms with Crippen LogP contribution in [-0.4, -0.2) is 12.1 Å². The molecule has 3 rings (SSSR count). The quantitative estimate of drug-likeness (QED) is 0.625. The number of hydrogen-bond donors (Lipinski definition) is 0. The molecule has 0 N–H and O–H groups in total. The summed E-state index contributed by atoms with van der Waals surface area (Å²) in [5.74, 6) is 1.94. The average Bonchev–Trinajstić information content (AvgIpc) is 2.67. The van der Waals surface area contributed by atoms with E-state index >= 15 is 0 Å². The number of aldehydes is 1. The molecule has 0 bridgehead atoms. The monoisotopic (exact) mass is 192 g/mol. The molecule has 2 heteroatoms. The molecule has 2 nitrogen and oxygen atoms in total. The molecule has 0 spiro atoms. The van der Waals surface area contributed by atoms with E-state index in [0.29, 0.717) is 41.8 Å². The van der Waals surface area contributed by atoms with Crippen molar-refractivity contribution in [2.45, 2.75) is 33.1 Å². The van der Waals surface area contributed by atoms with Crippen LogP contribution in [0.25, 0.3) is 0 Å². The molecule has 2 unspecified atom stereocenters. The molecule has 0 aliphatic heterocycles. The first kappa shape index (κ1) is 8.63. The van der Waals surface area contributed by atoms with Gasteiger partial charge in [-0.2, -0.15) is 0 Å². The molecule has 3 aliphatic rings. The minimum atomic E-state index is 0.0810. The fourth-order valence-corrected chi connectivity index (χ4v) is 4.68. The van der Waals surface area contributed by atoms with E-state index in [-0.39, 0.29) is 5.41 Å². The van der Waals surface area contributed by atoms with Crippen LogP contribution in [0.2, 0.25) is 0 Å². The van der Waals surface area contributed by atoms with Gasteiger partial charge in [0.15, 0.2) is 0 Å². The highest BCUT2D eigenvalue weighted by Crippen LogP contribution is 2.79. The summed E-state index contributed by atoms with van der Waals surface area (Å²) >= 11 is 0. The lowest BCUT2D eigenvalue weighted by atomic mass is 9.75. The van der Waals surface area contributed by atoms with Crippen LogP contribution in [0.3, 0.4) is 0 Å². The number of hydrogen-bond acceptors (Lipinski definition) is 2. The third kappa shape index (κ3) is 0.745. The Morgan fingerprint density at radius 3 is 2.71 bits per heavy atom. The number of carbonyl (C=O) groups excluding carboxylic acids is 2. The fraction of sp³-hybridized carbons (Fsp3) is 0.833. The summed E-state index contributed by atoms with van der Waals surface area (Å²) in [5, 5.41) is 0. The van der Waals surface area contributed by atoms with Gasteiger partial charge in [0.1, 0.15) is 12.1 Å². The molecule has 76 valence electrons. The lowest BCUT2D eigenvalue weighted by Crippen LogP contribution is -2.22. The summed E-state index contributed by atoms with van der Waals surface area (Å²) in [6.07, 6.45) is 3.39. The normalized spacial score (nSPS) is 51.9. The number of rotatable bonds is 2. The van der Waals surface area contributed by atoms with E-state index in [0.717, 1.165) is 12.7 Å². The van der Waals surface area contributed by atoms with Gasteiger partial charge in [-0.25, -0.2) is 0 Å². The van der Waals surface area contributed by atoms with Gasteiger partial charge in [0.2, 0.25) is 0 Å². The van der Waals surface area contributed by atoms with Gasteiger partial charge < -0.3 is 4.79 Å². The van der Waals surface area contributed by atoms with E-state index in [1.54, 1.807) is 0 Å². The largest absolute Gasteiger partial charge is 0.303 e. The van der Waals surface area contributed by atoms with Crippen molar-refractivity contribution in [1.82, 2.24) is 0 Å². The molecule has 0 radical (unpaired) electrons. The summed E-state index contributed by atoms with van der Waals surface area (Å²) < 4.78 is 0. The highest BCUT2D eigenvalue weighted by molar-refractivity contribution is 5.90. The Labute approximate surface area is 84.1 Å². The van der Waals surface area contributed by atoms with Crippen molar-refractivity contribution in [2.24, 2.45) is 28.6 Å². The predicted molar refractivity (Wildman–Crippen MR) is 51.6 cm³/mol. The van der Waals surface area contributed by atoms with Gasteiger partial charge in [-0.05, 0) is 29.1 Å². The van der Waals surface area contributed by atoms with Crippen LogP contribution in [0.1, 0.15) is 33.1 Å². The molecular formula is C12H16O2. The third-order valence-corrected chi connectivity index (χ3v) is 4.82. The fourth-order valence-electron chi connectivity index (χ4n) is 4.68. The van der Waals surface area contributed by atoms with Crippen molar-refractivity contribution in [2.75, 3.05) is 0 Å². The summed E-state index contributed by atoms with van der Waals surface area (Å²) in [6.45, 7) is 4.52. The zero-order valence-corrected chi connectivity index (χ0v) is 8.75. The van der Waals surface area contributed by atoms with Crippen molar-refractivity contribution >= 4 is 12.1 Å². The maximum Gasteiger partial charge on any atom is 0.137 e. The smallest absolute Gasteiger partial charge is 0.137 e. The molecule has 3 fully saturated rings. The zero-order chi connectivity index (χ0) is 10.1. The highest BCUT2D eigenvalue weighted by Gasteiger charge is 2.77. The maximum atomic E-state index is 11.7. The van der Waals surface area contributed by atoms with Crippen LogP contribution in [0, 0.1) is 28.6 Å². The van der Waals surface area contributed by atoms with Gasteiger partial charge in [0.05, 0.1) is 0 Å². The molecule has 4 atom stereocenters. The Kier molecular flexibility index (Phi) is 1.31. The SMILES string of the molecule is CC1(C)C[C@@]2(CC=O)CC(=O)C3C1[C@H]32. The first-order chi connectivity index (χ1) is 6.52. The average molecular weight is 192 g/mol. The summed E-state index contributed by atoms with van der Waals surface area (Å²) in [5.41, 5.74) is 0.377. The molecule has 0 saturated heterocycles.